The van der Waals surface area contributed by atoms with Crippen LogP contribution in [-0.4, -0.2) is 3.71 Å². The zero-order chi connectivity index (χ0) is 21.0. The van der Waals surface area contributed by atoms with Crippen molar-refractivity contribution in [3.63, 3.8) is 0 Å². The average molecular weight is 476 g/mol. The number of benzene rings is 1. The summed E-state index contributed by atoms with van der Waals surface area (Å²) < 4.78 is 2.22. The van der Waals surface area contributed by atoms with Crippen molar-refractivity contribution in [1.29, 1.82) is 0 Å². The molecule has 30 heavy (non-hydrogen) atoms. The van der Waals surface area contributed by atoms with E-state index in [4.69, 9.17) is 0 Å². The van der Waals surface area contributed by atoms with Crippen LogP contribution in [-0.2, 0) is 30.7 Å². The standard InChI is InChI=1S/C11H14.2C9H11.Zr/c1-3-4-5-11-8-6-10(2)7-9-11;2*1-2-5-9-7-3-6-8(9)4-1;/h2,6-9H,3-5H2,1H3;2*1-2,4,6,9H,3,5,7H2;/q;2*-1;+2. The number of hydrogen-bond acceptors (Lipinski definition) is 0. The molecule has 0 N–H and O–H groups in total. The molecule has 0 nitrogen and oxygen atoms in total. The number of allylic oxidation sites excluding steroid dienone is 8. The molecule has 0 aromatic heterocycles. The Kier molecular flexibility index (Phi) is 10.2. The second-order valence-corrected chi connectivity index (χ2v) is 9.32. The van der Waals surface area contributed by atoms with Crippen LogP contribution in [0.25, 0.3) is 0 Å². The van der Waals surface area contributed by atoms with Gasteiger partial charge in [0.05, 0.1) is 0 Å². The summed E-state index contributed by atoms with van der Waals surface area (Å²) in [6, 6.07) is 8.90. The Morgan fingerprint density at radius 1 is 0.900 bits per heavy atom. The summed E-state index contributed by atoms with van der Waals surface area (Å²) in [6.45, 7) is 2.23. The molecular formula is C29H36Zr. The van der Waals surface area contributed by atoms with Crippen LogP contribution in [0.1, 0.15) is 69.4 Å². The maximum absolute atomic E-state index is 2.37. The summed E-state index contributed by atoms with van der Waals surface area (Å²) in [6.07, 6.45) is 29.9. The molecule has 156 valence electrons. The summed E-state index contributed by atoms with van der Waals surface area (Å²) in [5, 5.41) is 0. The Morgan fingerprint density at radius 2 is 1.47 bits per heavy atom. The number of hydrogen-bond donors (Lipinski definition) is 0. The van der Waals surface area contributed by atoms with Gasteiger partial charge in [-0.3, -0.25) is 0 Å². The van der Waals surface area contributed by atoms with Crippen LogP contribution < -0.4 is 0 Å². The Hall–Kier alpha value is -1.33. The molecule has 2 unspecified atom stereocenters. The summed E-state index contributed by atoms with van der Waals surface area (Å²) in [5.74, 6) is 1.77. The number of aryl methyl sites for hydroxylation is 1. The molecule has 4 aliphatic rings. The zero-order valence-corrected chi connectivity index (χ0v) is 21.0. The summed E-state index contributed by atoms with van der Waals surface area (Å²) in [7, 11) is 0. The third-order valence-corrected chi connectivity index (χ3v) is 7.21. The zero-order valence-electron chi connectivity index (χ0n) is 18.5. The van der Waals surface area contributed by atoms with Gasteiger partial charge in [0.15, 0.2) is 0 Å². The van der Waals surface area contributed by atoms with Crippen LogP contribution in [0, 0.1) is 24.7 Å². The fraction of sp³-hybridized carbons (Fsp3) is 0.414. The third kappa shape index (κ3) is 7.42. The summed E-state index contributed by atoms with van der Waals surface area (Å²) in [4.78, 5) is 0. The molecule has 4 aliphatic carbocycles. The Morgan fingerprint density at radius 3 is 1.93 bits per heavy atom. The number of fused-ring (bicyclic) bond motifs is 2. The van der Waals surface area contributed by atoms with Crippen LogP contribution >= 0.6 is 0 Å². The van der Waals surface area contributed by atoms with E-state index in [1.807, 2.05) is 0 Å². The quantitative estimate of drug-likeness (QED) is 0.391. The molecule has 0 heterocycles. The Labute approximate surface area is 199 Å². The van der Waals surface area contributed by atoms with Crippen LogP contribution in [0.5, 0.6) is 0 Å². The van der Waals surface area contributed by atoms with Crippen LogP contribution in [0.4, 0.5) is 0 Å². The molecule has 0 spiro atoms. The first-order valence-electron chi connectivity index (χ1n) is 11.8. The fourth-order valence-electron chi connectivity index (χ4n) is 4.49. The van der Waals surface area contributed by atoms with Gasteiger partial charge >= 0.3 is 89.5 Å². The van der Waals surface area contributed by atoms with E-state index in [2.05, 4.69) is 84.2 Å². The summed E-state index contributed by atoms with van der Waals surface area (Å²) in [5.41, 5.74) is 5.99. The van der Waals surface area contributed by atoms with E-state index in [0.717, 1.165) is 11.8 Å². The first-order chi connectivity index (χ1) is 14.8. The predicted molar refractivity (Wildman–Crippen MR) is 128 cm³/mol. The van der Waals surface area contributed by atoms with Crippen molar-refractivity contribution in [2.24, 2.45) is 11.8 Å². The topological polar surface area (TPSA) is 0 Å². The SMILES string of the molecule is C1=CCC2CC[CH-]C2=C1.C1=CCC2CC[CH-]C2=C1.CCCCc1ccc([CH]=[Zr+2])cc1. The molecule has 1 aromatic rings. The molecule has 2 fully saturated rings. The van der Waals surface area contributed by atoms with E-state index in [-0.39, 0.29) is 0 Å². The van der Waals surface area contributed by atoms with E-state index in [9.17, 15) is 0 Å². The predicted octanol–water partition coefficient (Wildman–Crippen LogP) is 7.70. The van der Waals surface area contributed by atoms with Gasteiger partial charge in [-0.05, 0) is 24.7 Å². The first-order valence-corrected chi connectivity index (χ1v) is 13.2. The van der Waals surface area contributed by atoms with E-state index >= 15 is 0 Å². The van der Waals surface area contributed by atoms with Crippen molar-refractivity contribution < 1.29 is 24.2 Å². The van der Waals surface area contributed by atoms with Gasteiger partial charge in [-0.2, -0.15) is 0 Å². The normalized spacial score (nSPS) is 22.6. The van der Waals surface area contributed by atoms with Gasteiger partial charge in [0.2, 0.25) is 0 Å². The molecule has 2 saturated carbocycles. The molecular weight excluding hydrogens is 440 g/mol. The molecule has 0 aliphatic heterocycles. The average Bonchev–Trinajstić information content (AvgIpc) is 3.48. The van der Waals surface area contributed by atoms with Gasteiger partial charge in [0, 0.05) is 0 Å². The molecule has 5 rings (SSSR count). The van der Waals surface area contributed by atoms with E-state index < -0.39 is 0 Å². The van der Waals surface area contributed by atoms with Gasteiger partial charge in [0.1, 0.15) is 0 Å². The molecule has 0 radical (unpaired) electrons. The second kappa shape index (κ2) is 13.2. The number of unbranched alkanes of at least 4 members (excludes halogenated alkanes) is 1. The van der Waals surface area contributed by atoms with Crippen molar-refractivity contribution >= 4 is 3.71 Å². The van der Waals surface area contributed by atoms with Gasteiger partial charge in [-0.1, -0.05) is 12.8 Å². The minimum atomic E-state index is 0.884. The molecule has 0 bridgehead atoms. The van der Waals surface area contributed by atoms with Gasteiger partial charge in [-0.15, -0.1) is 37.1 Å². The monoisotopic (exact) mass is 474 g/mol. The van der Waals surface area contributed by atoms with Crippen molar-refractivity contribution in [2.45, 2.75) is 64.7 Å². The maximum atomic E-state index is 2.37. The van der Waals surface area contributed by atoms with Crippen LogP contribution in [0.15, 0.2) is 71.9 Å². The van der Waals surface area contributed by atoms with Crippen molar-refractivity contribution in [3.8, 4) is 0 Å². The Balaban J connectivity index is 0.000000130. The van der Waals surface area contributed by atoms with Gasteiger partial charge in [-0.25, -0.2) is 36.1 Å². The minimum absolute atomic E-state index is 0.884. The third-order valence-electron chi connectivity index (χ3n) is 6.39. The van der Waals surface area contributed by atoms with Crippen LogP contribution in [0.3, 0.4) is 0 Å². The summed E-state index contributed by atoms with van der Waals surface area (Å²) >= 11 is 1.48. The number of rotatable bonds is 4. The fourth-order valence-corrected chi connectivity index (χ4v) is 4.96. The second-order valence-electron chi connectivity index (χ2n) is 8.61. The van der Waals surface area contributed by atoms with Crippen LogP contribution in [0.2, 0.25) is 0 Å². The van der Waals surface area contributed by atoms with Crippen molar-refractivity contribution in [2.75, 3.05) is 0 Å². The molecule has 1 heteroatoms. The van der Waals surface area contributed by atoms with Gasteiger partial charge in [0.25, 0.3) is 0 Å². The molecule has 0 saturated heterocycles. The van der Waals surface area contributed by atoms with Gasteiger partial charge < -0.3 is 0 Å². The van der Waals surface area contributed by atoms with Crippen molar-refractivity contribution in [3.05, 3.63) is 95.8 Å². The first kappa shape index (κ1) is 23.3. The van der Waals surface area contributed by atoms with E-state index in [0.29, 0.717) is 0 Å². The molecule has 2 atom stereocenters. The molecule has 1 aromatic carbocycles. The Bertz CT molecular complexity index is 735. The molecule has 0 amide bonds. The van der Waals surface area contributed by atoms with Crippen molar-refractivity contribution in [1.82, 2.24) is 0 Å². The van der Waals surface area contributed by atoms with E-state index in [1.165, 1.54) is 93.1 Å². The van der Waals surface area contributed by atoms with E-state index in [1.54, 1.807) is 11.1 Å².